The van der Waals surface area contributed by atoms with Crippen molar-refractivity contribution in [2.75, 3.05) is 46.3 Å². The summed E-state index contributed by atoms with van der Waals surface area (Å²) in [6.07, 6.45) is 8.48. The Morgan fingerprint density at radius 1 is 1.21 bits per heavy atom. The molecule has 1 fully saturated rings. The first-order valence-electron chi connectivity index (χ1n) is 10.1. The molecule has 5 nitrogen and oxygen atoms in total. The number of aromatic nitrogens is 1. The molecule has 1 aromatic carbocycles. The van der Waals surface area contributed by atoms with Gasteiger partial charge in [-0.25, -0.2) is 4.98 Å². The van der Waals surface area contributed by atoms with Gasteiger partial charge in [0.05, 0.1) is 5.01 Å². The van der Waals surface area contributed by atoms with Crippen LogP contribution in [-0.2, 0) is 12.8 Å². The Bertz CT molecular complexity index is 767. The molecule has 7 heteroatoms. The predicted octanol–water partition coefficient (Wildman–Crippen LogP) is 3.77. The fourth-order valence-corrected chi connectivity index (χ4v) is 4.15. The Kier molecular flexibility index (Phi) is 10.7. The van der Waals surface area contributed by atoms with E-state index in [9.17, 15) is 0 Å². The molecule has 0 amide bonds. The number of piperazine rings is 1. The monoisotopic (exact) mass is 525 g/mol. The first-order valence-corrected chi connectivity index (χ1v) is 10.9. The zero-order chi connectivity index (χ0) is 19.6. The second-order valence-electron chi connectivity index (χ2n) is 6.90. The molecule has 29 heavy (non-hydrogen) atoms. The van der Waals surface area contributed by atoms with E-state index in [2.05, 4.69) is 74.5 Å². The van der Waals surface area contributed by atoms with E-state index in [0.717, 1.165) is 58.1 Å². The van der Waals surface area contributed by atoms with E-state index >= 15 is 0 Å². The zero-order valence-corrected chi connectivity index (χ0v) is 20.5. The molecule has 158 valence electrons. The number of nitrogens with one attached hydrogen (secondary N) is 1. The van der Waals surface area contributed by atoms with E-state index in [1.54, 1.807) is 0 Å². The average Bonchev–Trinajstić information content (AvgIpc) is 3.21. The summed E-state index contributed by atoms with van der Waals surface area (Å²) in [6.45, 7) is 8.20. The van der Waals surface area contributed by atoms with Gasteiger partial charge in [0.1, 0.15) is 0 Å². The van der Waals surface area contributed by atoms with Gasteiger partial charge in [-0.1, -0.05) is 49.4 Å². The zero-order valence-electron chi connectivity index (χ0n) is 17.4. The SMILES string of the molecule is CCc1cnc(CCNC(=NC)N2CCN(C/C=C/c3ccccc3)CC2)s1.I. The summed E-state index contributed by atoms with van der Waals surface area (Å²) in [6, 6.07) is 10.5. The van der Waals surface area contributed by atoms with Gasteiger partial charge in [-0.3, -0.25) is 9.89 Å². The van der Waals surface area contributed by atoms with E-state index < -0.39 is 0 Å². The fourth-order valence-electron chi connectivity index (χ4n) is 3.28. The summed E-state index contributed by atoms with van der Waals surface area (Å²) in [4.78, 5) is 15.2. The van der Waals surface area contributed by atoms with Crippen molar-refractivity contribution >= 4 is 47.3 Å². The van der Waals surface area contributed by atoms with E-state index in [4.69, 9.17) is 0 Å². The molecule has 2 aromatic rings. The average molecular weight is 526 g/mol. The molecule has 1 N–H and O–H groups in total. The molecule has 1 aromatic heterocycles. The van der Waals surface area contributed by atoms with Crippen LogP contribution < -0.4 is 5.32 Å². The Labute approximate surface area is 196 Å². The first kappa shape index (κ1) is 23.8. The second kappa shape index (κ2) is 13.0. The summed E-state index contributed by atoms with van der Waals surface area (Å²) < 4.78 is 0. The van der Waals surface area contributed by atoms with E-state index in [0.29, 0.717) is 0 Å². The second-order valence-corrected chi connectivity index (χ2v) is 8.10. The molecule has 0 atom stereocenters. The number of aryl methyl sites for hydroxylation is 1. The lowest BCUT2D eigenvalue weighted by Crippen LogP contribution is -2.52. The third kappa shape index (κ3) is 7.71. The van der Waals surface area contributed by atoms with Crippen LogP contribution in [-0.4, -0.2) is 67.1 Å². The lowest BCUT2D eigenvalue weighted by atomic mass is 10.2. The van der Waals surface area contributed by atoms with Crippen molar-refractivity contribution in [1.82, 2.24) is 20.1 Å². The van der Waals surface area contributed by atoms with Crippen LogP contribution in [0.2, 0.25) is 0 Å². The number of halogens is 1. The van der Waals surface area contributed by atoms with Crippen LogP contribution in [0.15, 0.2) is 47.6 Å². The molecule has 0 aliphatic carbocycles. The van der Waals surface area contributed by atoms with Crippen molar-refractivity contribution in [3.05, 3.63) is 58.1 Å². The lowest BCUT2D eigenvalue weighted by Gasteiger charge is -2.36. The topological polar surface area (TPSA) is 43.8 Å². The molecular formula is C22H32IN5S. The summed E-state index contributed by atoms with van der Waals surface area (Å²) in [5.74, 6) is 1.01. The summed E-state index contributed by atoms with van der Waals surface area (Å²) >= 11 is 1.82. The first-order chi connectivity index (χ1) is 13.8. The standard InChI is InChI=1S/C22H31N5S.HI/c1-3-20-18-25-21(28-20)11-12-24-22(23-2)27-16-14-26(15-17-27)13-7-10-19-8-5-4-6-9-19;/h4-10,18H,3,11-17H2,1-2H3,(H,23,24);1H/b10-7+;. The van der Waals surface area contributed by atoms with Gasteiger partial charge in [0.15, 0.2) is 5.96 Å². The summed E-state index contributed by atoms with van der Waals surface area (Å²) in [5.41, 5.74) is 1.26. The maximum Gasteiger partial charge on any atom is 0.193 e. The van der Waals surface area contributed by atoms with Crippen LogP contribution in [0.1, 0.15) is 22.4 Å². The number of nitrogens with zero attached hydrogens (tertiary/aromatic N) is 4. The number of aliphatic imine (C=N–C) groups is 1. The number of rotatable bonds is 7. The Morgan fingerprint density at radius 3 is 2.62 bits per heavy atom. The molecule has 3 rings (SSSR count). The molecule has 0 saturated carbocycles. The van der Waals surface area contributed by atoms with Gasteiger partial charge in [0, 0.05) is 63.8 Å². The van der Waals surface area contributed by atoms with Crippen molar-refractivity contribution in [1.29, 1.82) is 0 Å². The van der Waals surface area contributed by atoms with E-state index in [1.807, 2.05) is 24.6 Å². The Morgan fingerprint density at radius 2 is 1.97 bits per heavy atom. The van der Waals surface area contributed by atoms with Gasteiger partial charge in [-0.2, -0.15) is 0 Å². The van der Waals surface area contributed by atoms with Gasteiger partial charge in [0.25, 0.3) is 0 Å². The normalized spacial score (nSPS) is 15.5. The number of thiazole rings is 1. The van der Waals surface area contributed by atoms with Crippen molar-refractivity contribution in [2.24, 2.45) is 4.99 Å². The number of hydrogen-bond donors (Lipinski definition) is 1. The quantitative estimate of drug-likeness (QED) is 0.340. The van der Waals surface area contributed by atoms with E-state index in [1.165, 1.54) is 15.4 Å². The highest BCUT2D eigenvalue weighted by Gasteiger charge is 2.18. The minimum Gasteiger partial charge on any atom is -0.356 e. The molecule has 1 aliphatic heterocycles. The molecule has 2 heterocycles. The van der Waals surface area contributed by atoms with Crippen molar-refractivity contribution < 1.29 is 0 Å². The largest absolute Gasteiger partial charge is 0.356 e. The van der Waals surface area contributed by atoms with Crippen molar-refractivity contribution in [3.63, 3.8) is 0 Å². The van der Waals surface area contributed by atoms with E-state index in [-0.39, 0.29) is 24.0 Å². The summed E-state index contributed by atoms with van der Waals surface area (Å²) in [7, 11) is 1.87. The van der Waals surface area contributed by atoms with Gasteiger partial charge in [-0.15, -0.1) is 35.3 Å². The molecule has 0 spiro atoms. The predicted molar refractivity (Wildman–Crippen MR) is 135 cm³/mol. The number of guanidine groups is 1. The molecule has 0 radical (unpaired) electrons. The van der Waals surface area contributed by atoms with Crippen LogP contribution in [0.3, 0.4) is 0 Å². The van der Waals surface area contributed by atoms with Crippen LogP contribution in [0.4, 0.5) is 0 Å². The lowest BCUT2D eigenvalue weighted by molar-refractivity contribution is 0.194. The third-order valence-corrected chi connectivity index (χ3v) is 6.13. The molecule has 1 aliphatic rings. The number of hydrogen-bond acceptors (Lipinski definition) is 4. The van der Waals surface area contributed by atoms with Crippen LogP contribution >= 0.6 is 35.3 Å². The molecule has 0 unspecified atom stereocenters. The van der Waals surface area contributed by atoms with Crippen molar-refractivity contribution in [2.45, 2.75) is 19.8 Å². The van der Waals surface area contributed by atoms with Gasteiger partial charge in [-0.05, 0) is 12.0 Å². The Balaban J connectivity index is 0.00000300. The highest BCUT2D eigenvalue weighted by Crippen LogP contribution is 2.13. The Hall–Kier alpha value is -1.45. The van der Waals surface area contributed by atoms with Crippen molar-refractivity contribution in [3.8, 4) is 0 Å². The maximum atomic E-state index is 4.49. The fraction of sp³-hybridized carbons (Fsp3) is 0.455. The maximum absolute atomic E-state index is 4.49. The molecule has 1 saturated heterocycles. The minimum absolute atomic E-state index is 0. The smallest absolute Gasteiger partial charge is 0.193 e. The summed E-state index contributed by atoms with van der Waals surface area (Å²) in [5, 5.41) is 4.71. The van der Waals surface area contributed by atoms with Gasteiger partial charge >= 0.3 is 0 Å². The number of benzene rings is 1. The molecule has 0 bridgehead atoms. The van der Waals surface area contributed by atoms with Gasteiger partial charge < -0.3 is 10.2 Å². The van der Waals surface area contributed by atoms with Crippen LogP contribution in [0.25, 0.3) is 6.08 Å². The molecular weight excluding hydrogens is 493 g/mol. The van der Waals surface area contributed by atoms with Gasteiger partial charge in [0.2, 0.25) is 0 Å². The third-order valence-electron chi connectivity index (χ3n) is 4.93. The van der Waals surface area contributed by atoms with Crippen LogP contribution in [0, 0.1) is 0 Å². The van der Waals surface area contributed by atoms with Crippen LogP contribution in [0.5, 0.6) is 0 Å². The minimum atomic E-state index is 0. The highest BCUT2D eigenvalue weighted by molar-refractivity contribution is 14.0. The highest BCUT2D eigenvalue weighted by atomic mass is 127.